The number of carbonyl (C=O) groups excluding carboxylic acids is 1. The van der Waals surface area contributed by atoms with Gasteiger partial charge in [-0.15, -0.1) is 11.8 Å². The van der Waals surface area contributed by atoms with E-state index in [1.165, 1.54) is 18.1 Å². The number of rotatable bonds is 9. The van der Waals surface area contributed by atoms with Crippen molar-refractivity contribution in [2.45, 2.75) is 6.92 Å². The van der Waals surface area contributed by atoms with Crippen LogP contribution in [0.4, 0.5) is 11.5 Å². The number of pyridine rings is 1. The van der Waals surface area contributed by atoms with Crippen molar-refractivity contribution in [3.63, 3.8) is 0 Å². The largest absolute Gasteiger partial charge is 0.454 e. The Balaban J connectivity index is 1.45. The molecule has 10 heteroatoms. The lowest BCUT2D eigenvalue weighted by atomic mass is 10.1. The van der Waals surface area contributed by atoms with Gasteiger partial charge in [-0.25, -0.2) is 9.97 Å². The van der Waals surface area contributed by atoms with Crippen LogP contribution in [0.1, 0.15) is 11.3 Å². The van der Waals surface area contributed by atoms with Crippen molar-refractivity contribution < 1.29 is 14.6 Å². The highest BCUT2D eigenvalue weighted by molar-refractivity contribution is 7.99. The second-order valence-corrected chi connectivity index (χ2v) is 9.33. The van der Waals surface area contributed by atoms with E-state index in [2.05, 4.69) is 37.4 Å². The van der Waals surface area contributed by atoms with E-state index in [-0.39, 0.29) is 19.1 Å². The fraction of sp³-hybridized carbons (Fsp3) is 0.185. The van der Waals surface area contributed by atoms with E-state index in [1.54, 1.807) is 18.3 Å². The van der Waals surface area contributed by atoms with Gasteiger partial charge in [0.25, 0.3) is 0 Å². The molecule has 0 aliphatic heterocycles. The molecule has 0 spiro atoms. The van der Waals surface area contributed by atoms with Crippen LogP contribution >= 0.6 is 23.4 Å². The summed E-state index contributed by atoms with van der Waals surface area (Å²) in [5.41, 5.74) is 3.16. The first-order valence-electron chi connectivity index (χ1n) is 11.4. The fourth-order valence-electron chi connectivity index (χ4n) is 3.24. The molecule has 1 amide bonds. The number of halogens is 1. The number of nitrogens with one attached hydrogen (secondary N) is 2. The fourth-order valence-corrected chi connectivity index (χ4v) is 4.02. The van der Waals surface area contributed by atoms with Crippen LogP contribution in [0.25, 0.3) is 10.9 Å². The minimum atomic E-state index is -0.114. The molecule has 0 bridgehead atoms. The second-order valence-electron chi connectivity index (χ2n) is 7.82. The Morgan fingerprint density at radius 1 is 1.14 bits per heavy atom. The van der Waals surface area contributed by atoms with Crippen molar-refractivity contribution in [3.05, 3.63) is 77.3 Å². The van der Waals surface area contributed by atoms with Gasteiger partial charge in [-0.2, -0.15) is 0 Å². The molecule has 4 aromatic rings. The second kappa shape index (κ2) is 12.9. The van der Waals surface area contributed by atoms with Gasteiger partial charge in [0.2, 0.25) is 5.91 Å². The van der Waals surface area contributed by atoms with E-state index in [0.717, 1.165) is 27.8 Å². The quantitative estimate of drug-likeness (QED) is 0.209. The molecule has 2 aromatic heterocycles. The van der Waals surface area contributed by atoms with Gasteiger partial charge in [0.1, 0.15) is 23.6 Å². The molecule has 0 aliphatic rings. The van der Waals surface area contributed by atoms with E-state index in [1.807, 2.05) is 43.3 Å². The van der Waals surface area contributed by atoms with Crippen LogP contribution in [0.2, 0.25) is 5.02 Å². The van der Waals surface area contributed by atoms with Crippen LogP contribution in [0.3, 0.4) is 0 Å². The van der Waals surface area contributed by atoms with Crippen LogP contribution < -0.4 is 15.4 Å². The number of fused-ring (bicyclic) bond motifs is 1. The molecule has 0 saturated carbocycles. The number of benzene rings is 2. The van der Waals surface area contributed by atoms with Crippen molar-refractivity contribution >= 4 is 51.7 Å². The minimum Gasteiger partial charge on any atom is -0.454 e. The van der Waals surface area contributed by atoms with Crippen molar-refractivity contribution in [3.8, 4) is 23.3 Å². The molecule has 8 nitrogen and oxygen atoms in total. The maximum absolute atomic E-state index is 11.7. The summed E-state index contributed by atoms with van der Waals surface area (Å²) in [5, 5.41) is 16.0. The Morgan fingerprint density at radius 2 is 2.03 bits per heavy atom. The summed E-state index contributed by atoms with van der Waals surface area (Å²) in [5.74, 6) is 8.45. The number of aryl methyl sites for hydroxylation is 1. The van der Waals surface area contributed by atoms with Gasteiger partial charge in [-0.1, -0.05) is 23.4 Å². The molecule has 2 heterocycles. The average Bonchev–Trinajstić information content (AvgIpc) is 2.90. The number of aliphatic hydroxyl groups excluding tert-OH is 1. The molecule has 37 heavy (non-hydrogen) atoms. The average molecular weight is 534 g/mol. The molecule has 0 radical (unpaired) electrons. The van der Waals surface area contributed by atoms with Gasteiger partial charge in [0.15, 0.2) is 0 Å². The summed E-state index contributed by atoms with van der Waals surface area (Å²) < 4.78 is 5.84. The molecule has 2 aromatic carbocycles. The highest BCUT2D eigenvalue weighted by Crippen LogP contribution is 2.33. The molecule has 0 aliphatic carbocycles. The summed E-state index contributed by atoms with van der Waals surface area (Å²) in [6.07, 6.45) is 3.14. The third kappa shape index (κ3) is 7.57. The lowest BCUT2D eigenvalue weighted by Crippen LogP contribution is -2.25. The van der Waals surface area contributed by atoms with Gasteiger partial charge < -0.3 is 20.5 Å². The molecular formula is C27H24ClN5O3S. The van der Waals surface area contributed by atoms with Crippen LogP contribution in [0.5, 0.6) is 11.5 Å². The van der Waals surface area contributed by atoms with Crippen LogP contribution in [0.15, 0.2) is 61.1 Å². The summed E-state index contributed by atoms with van der Waals surface area (Å²) in [7, 11) is 0. The van der Waals surface area contributed by atoms with Crippen LogP contribution in [0, 0.1) is 18.8 Å². The highest BCUT2D eigenvalue weighted by Gasteiger charge is 2.09. The zero-order valence-corrected chi connectivity index (χ0v) is 21.6. The first-order valence-corrected chi connectivity index (χ1v) is 12.9. The summed E-state index contributed by atoms with van der Waals surface area (Å²) >= 11 is 7.84. The molecule has 188 valence electrons. The number of thioether (sulfide) groups is 1. The van der Waals surface area contributed by atoms with Crippen molar-refractivity contribution in [2.24, 2.45) is 0 Å². The third-order valence-electron chi connectivity index (χ3n) is 5.02. The first kappa shape index (κ1) is 26.2. The van der Waals surface area contributed by atoms with Crippen molar-refractivity contribution in [1.82, 2.24) is 20.3 Å². The number of anilines is 2. The Hall–Kier alpha value is -3.84. The van der Waals surface area contributed by atoms with E-state index in [0.29, 0.717) is 33.8 Å². The van der Waals surface area contributed by atoms with Gasteiger partial charge in [0, 0.05) is 28.1 Å². The zero-order valence-electron chi connectivity index (χ0n) is 20.0. The first-order chi connectivity index (χ1) is 18.0. The monoisotopic (exact) mass is 533 g/mol. The third-order valence-corrected chi connectivity index (χ3v) is 6.25. The predicted octanol–water partition coefficient (Wildman–Crippen LogP) is 4.72. The lowest BCUT2D eigenvalue weighted by Gasteiger charge is -2.11. The van der Waals surface area contributed by atoms with Gasteiger partial charge in [-0.3, -0.25) is 9.78 Å². The topological polar surface area (TPSA) is 109 Å². The lowest BCUT2D eigenvalue weighted by molar-refractivity contribution is -0.118. The van der Waals surface area contributed by atoms with Gasteiger partial charge in [-0.05, 0) is 55.5 Å². The summed E-state index contributed by atoms with van der Waals surface area (Å²) in [6.45, 7) is 2.20. The van der Waals surface area contributed by atoms with Gasteiger partial charge in [0.05, 0.1) is 35.6 Å². The Morgan fingerprint density at radius 3 is 2.81 bits per heavy atom. The Bertz CT molecular complexity index is 1450. The number of carbonyl (C=O) groups is 1. The van der Waals surface area contributed by atoms with Crippen LogP contribution in [-0.4, -0.2) is 50.6 Å². The maximum atomic E-state index is 11.7. The molecule has 3 N–H and O–H groups in total. The molecule has 0 unspecified atom stereocenters. The van der Waals surface area contributed by atoms with E-state index in [4.69, 9.17) is 21.4 Å². The summed E-state index contributed by atoms with van der Waals surface area (Å²) in [6, 6.07) is 14.7. The van der Waals surface area contributed by atoms with Gasteiger partial charge >= 0.3 is 0 Å². The number of aromatic nitrogens is 3. The minimum absolute atomic E-state index is 0.0545. The Kier molecular flexibility index (Phi) is 9.16. The number of ether oxygens (including phenoxy) is 1. The number of hydrogen-bond donors (Lipinski definition) is 3. The normalized spacial score (nSPS) is 10.5. The molecular weight excluding hydrogens is 510 g/mol. The van der Waals surface area contributed by atoms with E-state index >= 15 is 0 Å². The van der Waals surface area contributed by atoms with Crippen molar-refractivity contribution in [2.75, 3.05) is 30.0 Å². The SMILES string of the molecule is Cc1ccc(Oc2ccc(Nc3ncnc4ccc(C#CCNC(=O)CSCCO)cc34)cc2Cl)cn1. The maximum Gasteiger partial charge on any atom is 0.230 e. The zero-order chi connectivity index (χ0) is 26.0. The number of amides is 1. The molecule has 0 fully saturated rings. The number of nitrogens with zero attached hydrogens (tertiary/aromatic N) is 3. The predicted molar refractivity (Wildman–Crippen MR) is 148 cm³/mol. The number of aliphatic hydroxyl groups is 1. The Labute approximate surface area is 223 Å². The standard InChI is InChI=1S/C27H24ClN5O3S/c1-18-4-7-21(15-30-18)36-25-9-6-20(14-23(25)28)33-27-22-13-19(5-8-24(22)31-17-32-27)3-2-10-29-26(35)16-37-12-11-34/h4-9,13-15,17,34H,10-12,16H2,1H3,(H,29,35)(H,31,32,33). The molecule has 4 rings (SSSR count). The highest BCUT2D eigenvalue weighted by atomic mass is 35.5. The van der Waals surface area contributed by atoms with Crippen molar-refractivity contribution in [1.29, 1.82) is 0 Å². The molecule has 0 saturated heterocycles. The molecule has 0 atom stereocenters. The smallest absolute Gasteiger partial charge is 0.230 e. The van der Waals surface area contributed by atoms with Crippen LogP contribution in [-0.2, 0) is 4.79 Å². The number of hydrogen-bond acceptors (Lipinski definition) is 8. The van der Waals surface area contributed by atoms with E-state index in [9.17, 15) is 4.79 Å². The van der Waals surface area contributed by atoms with E-state index < -0.39 is 0 Å². The summed E-state index contributed by atoms with van der Waals surface area (Å²) in [4.78, 5) is 24.7.